The minimum absolute atomic E-state index is 0.000636. The SMILES string of the molecule is N#C[C@H]1[C@H](c2ccccc2-c2cccc(F)c2)[C@@H](CO)N1C(=O)C1CC1. The molecule has 0 spiro atoms. The Hall–Kier alpha value is -2.71. The first-order valence-corrected chi connectivity index (χ1v) is 8.83. The lowest BCUT2D eigenvalue weighted by molar-refractivity contribution is -0.148. The number of hydrogen-bond donors (Lipinski definition) is 1. The average Bonchev–Trinajstić information content (AvgIpc) is 3.47. The molecular formula is C21H19FN2O2. The topological polar surface area (TPSA) is 64.3 Å². The number of aliphatic hydroxyl groups is 1. The lowest BCUT2D eigenvalue weighted by atomic mass is 9.73. The zero-order valence-electron chi connectivity index (χ0n) is 14.2. The van der Waals surface area contributed by atoms with Crippen molar-refractivity contribution >= 4 is 5.91 Å². The molecule has 4 rings (SSSR count). The summed E-state index contributed by atoms with van der Waals surface area (Å²) in [7, 11) is 0. The lowest BCUT2D eigenvalue weighted by Gasteiger charge is -2.52. The minimum Gasteiger partial charge on any atom is -0.394 e. The molecule has 1 N–H and O–H groups in total. The number of hydrogen-bond acceptors (Lipinski definition) is 3. The van der Waals surface area contributed by atoms with Crippen LogP contribution in [-0.4, -0.2) is 34.6 Å². The van der Waals surface area contributed by atoms with E-state index in [2.05, 4.69) is 6.07 Å². The van der Waals surface area contributed by atoms with Gasteiger partial charge in [0, 0.05) is 11.8 Å². The monoisotopic (exact) mass is 350 g/mol. The quantitative estimate of drug-likeness (QED) is 0.922. The van der Waals surface area contributed by atoms with Crippen molar-refractivity contribution in [2.24, 2.45) is 5.92 Å². The number of rotatable bonds is 4. The van der Waals surface area contributed by atoms with Gasteiger partial charge in [-0.05, 0) is 41.7 Å². The number of likely N-dealkylation sites (tertiary alicyclic amines) is 1. The largest absolute Gasteiger partial charge is 0.394 e. The van der Waals surface area contributed by atoms with Crippen LogP contribution in [0.25, 0.3) is 11.1 Å². The zero-order valence-corrected chi connectivity index (χ0v) is 14.2. The molecule has 1 heterocycles. The maximum Gasteiger partial charge on any atom is 0.227 e. The van der Waals surface area contributed by atoms with Gasteiger partial charge < -0.3 is 10.0 Å². The van der Waals surface area contributed by atoms with E-state index >= 15 is 0 Å². The molecule has 2 aliphatic rings. The molecule has 2 aromatic carbocycles. The van der Waals surface area contributed by atoms with Gasteiger partial charge in [-0.25, -0.2) is 4.39 Å². The van der Waals surface area contributed by atoms with Crippen LogP contribution >= 0.6 is 0 Å². The number of nitriles is 1. The summed E-state index contributed by atoms with van der Waals surface area (Å²) in [5, 5.41) is 19.6. The van der Waals surface area contributed by atoms with Gasteiger partial charge in [0.05, 0.1) is 18.7 Å². The molecule has 132 valence electrons. The first-order valence-electron chi connectivity index (χ1n) is 8.83. The molecule has 1 aliphatic heterocycles. The predicted octanol–water partition coefficient (Wildman–Crippen LogP) is 3.08. The van der Waals surface area contributed by atoms with Gasteiger partial charge in [-0.2, -0.15) is 5.26 Å². The first-order chi connectivity index (χ1) is 12.7. The molecule has 4 nitrogen and oxygen atoms in total. The summed E-state index contributed by atoms with van der Waals surface area (Å²) in [6.45, 7) is -0.196. The molecule has 3 atom stereocenters. The number of nitrogens with zero attached hydrogens (tertiary/aromatic N) is 2. The van der Waals surface area contributed by atoms with Crippen molar-refractivity contribution in [1.29, 1.82) is 5.26 Å². The number of aliphatic hydroxyl groups excluding tert-OH is 1. The van der Waals surface area contributed by atoms with Crippen LogP contribution in [0.1, 0.15) is 24.3 Å². The minimum atomic E-state index is -0.602. The van der Waals surface area contributed by atoms with Crippen molar-refractivity contribution < 1.29 is 14.3 Å². The van der Waals surface area contributed by atoms with Crippen LogP contribution in [0.2, 0.25) is 0 Å². The Morgan fingerprint density at radius 2 is 2.00 bits per heavy atom. The number of benzene rings is 2. The third kappa shape index (κ3) is 2.67. The molecular weight excluding hydrogens is 331 g/mol. The highest BCUT2D eigenvalue weighted by molar-refractivity contribution is 5.84. The smallest absolute Gasteiger partial charge is 0.227 e. The molecule has 0 unspecified atom stereocenters. The number of carbonyl (C=O) groups is 1. The highest BCUT2D eigenvalue weighted by Gasteiger charge is 2.54. The Balaban J connectivity index is 1.73. The maximum absolute atomic E-state index is 13.7. The van der Waals surface area contributed by atoms with Crippen molar-refractivity contribution in [3.63, 3.8) is 0 Å². The van der Waals surface area contributed by atoms with Crippen molar-refractivity contribution in [3.8, 4) is 17.2 Å². The fourth-order valence-electron chi connectivity index (χ4n) is 3.93. The van der Waals surface area contributed by atoms with Gasteiger partial charge in [0.25, 0.3) is 0 Å². The molecule has 1 amide bonds. The Kier molecular flexibility index (Phi) is 4.21. The first kappa shape index (κ1) is 16.7. The van der Waals surface area contributed by atoms with E-state index in [0.717, 1.165) is 29.5 Å². The van der Waals surface area contributed by atoms with Gasteiger partial charge in [0.2, 0.25) is 5.91 Å². The molecule has 0 radical (unpaired) electrons. The van der Waals surface area contributed by atoms with E-state index in [1.807, 2.05) is 30.3 Å². The van der Waals surface area contributed by atoms with Crippen LogP contribution in [0.15, 0.2) is 48.5 Å². The zero-order chi connectivity index (χ0) is 18.3. The summed E-state index contributed by atoms with van der Waals surface area (Å²) < 4.78 is 13.7. The second kappa shape index (κ2) is 6.54. The molecule has 0 bridgehead atoms. The predicted molar refractivity (Wildman–Crippen MR) is 94.4 cm³/mol. The van der Waals surface area contributed by atoms with E-state index in [1.165, 1.54) is 12.1 Å². The normalized spacial score (nSPS) is 24.7. The Morgan fingerprint density at radius 3 is 2.65 bits per heavy atom. The molecule has 2 aromatic rings. The van der Waals surface area contributed by atoms with Crippen LogP contribution in [0.3, 0.4) is 0 Å². The number of carbonyl (C=O) groups excluding carboxylic acids is 1. The van der Waals surface area contributed by atoms with E-state index < -0.39 is 12.1 Å². The van der Waals surface area contributed by atoms with Crippen LogP contribution < -0.4 is 0 Å². The molecule has 1 saturated carbocycles. The van der Waals surface area contributed by atoms with Gasteiger partial charge in [-0.1, -0.05) is 36.4 Å². The molecule has 1 saturated heterocycles. The van der Waals surface area contributed by atoms with E-state index in [4.69, 9.17) is 0 Å². The molecule has 0 aromatic heterocycles. The van der Waals surface area contributed by atoms with E-state index in [1.54, 1.807) is 11.0 Å². The third-order valence-electron chi connectivity index (χ3n) is 5.37. The fourth-order valence-corrected chi connectivity index (χ4v) is 3.93. The molecule has 26 heavy (non-hydrogen) atoms. The van der Waals surface area contributed by atoms with Crippen molar-refractivity contribution in [2.75, 3.05) is 6.61 Å². The van der Waals surface area contributed by atoms with E-state index in [9.17, 15) is 19.6 Å². The highest BCUT2D eigenvalue weighted by atomic mass is 19.1. The Labute approximate surface area is 151 Å². The maximum atomic E-state index is 13.7. The average molecular weight is 350 g/mol. The van der Waals surface area contributed by atoms with Gasteiger partial charge in [0.15, 0.2) is 0 Å². The lowest BCUT2D eigenvalue weighted by Crippen LogP contribution is -2.65. The summed E-state index contributed by atoms with van der Waals surface area (Å²) in [4.78, 5) is 14.1. The molecule has 1 aliphatic carbocycles. The second-order valence-electron chi connectivity index (χ2n) is 6.97. The summed E-state index contributed by atoms with van der Waals surface area (Å²) >= 11 is 0. The number of amides is 1. The Bertz CT molecular complexity index is 888. The van der Waals surface area contributed by atoms with Crippen molar-refractivity contribution in [2.45, 2.75) is 30.8 Å². The van der Waals surface area contributed by atoms with Crippen molar-refractivity contribution in [1.82, 2.24) is 4.90 Å². The standard InChI is InChI=1S/C21H19FN2O2/c22-15-5-3-4-14(10-15)16-6-1-2-7-17(16)20-18(11-23)24(19(20)12-25)21(26)13-8-9-13/h1-7,10,13,18-20,25H,8-9,12H2/t18-,19+,20-/m0/s1. The van der Waals surface area contributed by atoms with Crippen LogP contribution in [0.5, 0.6) is 0 Å². The van der Waals surface area contributed by atoms with E-state index in [-0.39, 0.29) is 30.2 Å². The Morgan fingerprint density at radius 1 is 1.23 bits per heavy atom. The second-order valence-corrected chi connectivity index (χ2v) is 6.97. The van der Waals surface area contributed by atoms with Crippen LogP contribution in [0.4, 0.5) is 4.39 Å². The molecule has 2 fully saturated rings. The van der Waals surface area contributed by atoms with Gasteiger partial charge >= 0.3 is 0 Å². The highest BCUT2D eigenvalue weighted by Crippen LogP contribution is 2.46. The summed E-state index contributed by atoms with van der Waals surface area (Å²) in [6, 6.07) is 15.1. The third-order valence-corrected chi connectivity index (χ3v) is 5.37. The van der Waals surface area contributed by atoms with Gasteiger partial charge in [-0.3, -0.25) is 4.79 Å². The molecule has 5 heteroatoms. The summed E-state index contributed by atoms with van der Waals surface area (Å²) in [6.07, 6.45) is 1.71. The van der Waals surface area contributed by atoms with Crippen LogP contribution in [-0.2, 0) is 4.79 Å². The van der Waals surface area contributed by atoms with Crippen molar-refractivity contribution in [3.05, 3.63) is 59.9 Å². The summed E-state index contributed by atoms with van der Waals surface area (Å²) in [5.74, 6) is -0.645. The number of halogens is 1. The van der Waals surface area contributed by atoms with Crippen LogP contribution in [0, 0.1) is 23.1 Å². The fraction of sp³-hybridized carbons (Fsp3) is 0.333. The van der Waals surface area contributed by atoms with Gasteiger partial charge in [-0.15, -0.1) is 0 Å². The van der Waals surface area contributed by atoms with Gasteiger partial charge in [0.1, 0.15) is 11.9 Å². The summed E-state index contributed by atoms with van der Waals surface area (Å²) in [5.41, 5.74) is 2.42. The van der Waals surface area contributed by atoms with E-state index in [0.29, 0.717) is 0 Å².